The molecule has 2 atom stereocenters. The van der Waals surface area contributed by atoms with Crippen molar-refractivity contribution in [1.29, 1.82) is 0 Å². The van der Waals surface area contributed by atoms with Crippen molar-refractivity contribution in [1.82, 2.24) is 3.97 Å². The zero-order valence-corrected chi connectivity index (χ0v) is 16.4. The fraction of sp³-hybridized carbons (Fsp3) is 0.286. The van der Waals surface area contributed by atoms with Crippen molar-refractivity contribution in [3.63, 3.8) is 0 Å². The van der Waals surface area contributed by atoms with Crippen LogP contribution in [0.3, 0.4) is 0 Å². The van der Waals surface area contributed by atoms with Gasteiger partial charge in [0.05, 0.1) is 22.9 Å². The zero-order chi connectivity index (χ0) is 20.1. The van der Waals surface area contributed by atoms with Crippen molar-refractivity contribution in [3.8, 4) is 0 Å². The van der Waals surface area contributed by atoms with Crippen LogP contribution in [0, 0.1) is 18.7 Å². The van der Waals surface area contributed by atoms with Gasteiger partial charge in [0.25, 0.3) is 10.0 Å². The average molecular weight is 401 g/mol. The number of hydrogen-bond acceptors (Lipinski definition) is 4. The highest BCUT2D eigenvalue weighted by Gasteiger charge is 2.46. The molecule has 4 rings (SSSR count). The van der Waals surface area contributed by atoms with E-state index in [0.717, 1.165) is 5.56 Å². The minimum absolute atomic E-state index is 0.156. The molecule has 1 heterocycles. The largest absolute Gasteiger partial charge is 0.466 e. The Hall–Kier alpha value is -2.67. The van der Waals surface area contributed by atoms with Crippen molar-refractivity contribution in [3.05, 3.63) is 65.6 Å². The summed E-state index contributed by atoms with van der Waals surface area (Å²) in [5.74, 6) is -1.24. The Labute approximate surface area is 162 Å². The minimum Gasteiger partial charge on any atom is -0.466 e. The number of rotatable bonds is 5. The number of esters is 1. The molecule has 0 N–H and O–H groups in total. The quantitative estimate of drug-likeness (QED) is 0.607. The number of aromatic nitrogens is 1. The van der Waals surface area contributed by atoms with Gasteiger partial charge in [-0.05, 0) is 56.2 Å². The molecule has 28 heavy (non-hydrogen) atoms. The van der Waals surface area contributed by atoms with E-state index < -0.39 is 15.8 Å². The van der Waals surface area contributed by atoms with E-state index in [0.29, 0.717) is 29.5 Å². The molecule has 2 unspecified atom stereocenters. The second-order valence-electron chi connectivity index (χ2n) is 7.06. The molecule has 0 radical (unpaired) electrons. The van der Waals surface area contributed by atoms with Crippen LogP contribution in [0.2, 0.25) is 0 Å². The lowest BCUT2D eigenvalue weighted by Gasteiger charge is -2.08. The molecule has 146 valence electrons. The number of carbonyl (C=O) groups is 1. The van der Waals surface area contributed by atoms with Gasteiger partial charge in [0, 0.05) is 17.5 Å². The van der Waals surface area contributed by atoms with Crippen molar-refractivity contribution >= 4 is 26.9 Å². The summed E-state index contributed by atoms with van der Waals surface area (Å²) < 4.78 is 46.5. The lowest BCUT2D eigenvalue weighted by atomic mass is 10.1. The molecule has 1 saturated carbocycles. The van der Waals surface area contributed by atoms with Gasteiger partial charge in [0.15, 0.2) is 0 Å². The summed E-state index contributed by atoms with van der Waals surface area (Å²) in [6.45, 7) is 3.91. The average Bonchev–Trinajstić information content (AvgIpc) is 3.36. The Morgan fingerprint density at radius 1 is 1.21 bits per heavy atom. The monoisotopic (exact) mass is 401 g/mol. The lowest BCUT2D eigenvalue weighted by molar-refractivity contribution is -0.144. The summed E-state index contributed by atoms with van der Waals surface area (Å²) >= 11 is 0. The Morgan fingerprint density at radius 3 is 2.61 bits per heavy atom. The Bertz CT molecular complexity index is 1170. The molecule has 7 heteroatoms. The van der Waals surface area contributed by atoms with Crippen molar-refractivity contribution in [2.24, 2.45) is 5.92 Å². The highest BCUT2D eigenvalue weighted by Crippen LogP contribution is 2.51. The van der Waals surface area contributed by atoms with Crippen LogP contribution >= 0.6 is 0 Å². The van der Waals surface area contributed by atoms with E-state index >= 15 is 0 Å². The summed E-state index contributed by atoms with van der Waals surface area (Å²) in [7, 11) is -3.85. The number of ether oxygens (including phenoxy) is 1. The molecule has 1 fully saturated rings. The Balaban J connectivity index is 1.83. The highest BCUT2D eigenvalue weighted by atomic mass is 32.2. The van der Waals surface area contributed by atoms with Gasteiger partial charge in [-0.15, -0.1) is 0 Å². The molecule has 0 saturated heterocycles. The molecule has 0 spiro atoms. The smallest absolute Gasteiger partial charge is 0.309 e. The van der Waals surface area contributed by atoms with E-state index in [4.69, 9.17) is 4.74 Å². The number of fused-ring (bicyclic) bond motifs is 1. The molecule has 1 aromatic heterocycles. The van der Waals surface area contributed by atoms with Gasteiger partial charge in [-0.25, -0.2) is 16.8 Å². The first-order valence-electron chi connectivity index (χ1n) is 9.12. The molecular formula is C21H20FNO4S. The number of halogens is 1. The second kappa shape index (κ2) is 6.74. The van der Waals surface area contributed by atoms with Crippen LogP contribution in [-0.2, 0) is 19.6 Å². The Kier molecular flexibility index (Phi) is 4.50. The van der Waals surface area contributed by atoms with Crippen LogP contribution in [0.1, 0.15) is 30.4 Å². The second-order valence-corrected chi connectivity index (χ2v) is 8.88. The molecule has 3 aromatic rings. The molecule has 0 aliphatic heterocycles. The maximum Gasteiger partial charge on any atom is 0.309 e. The van der Waals surface area contributed by atoms with Crippen LogP contribution in [0.5, 0.6) is 0 Å². The number of carbonyl (C=O) groups excluding carboxylic acids is 1. The van der Waals surface area contributed by atoms with Crippen LogP contribution in [0.4, 0.5) is 4.39 Å². The third kappa shape index (κ3) is 3.09. The third-order valence-electron chi connectivity index (χ3n) is 5.12. The van der Waals surface area contributed by atoms with Crippen molar-refractivity contribution in [2.45, 2.75) is 31.1 Å². The topological polar surface area (TPSA) is 65.4 Å². The van der Waals surface area contributed by atoms with Gasteiger partial charge >= 0.3 is 5.97 Å². The van der Waals surface area contributed by atoms with E-state index in [1.807, 2.05) is 6.92 Å². The van der Waals surface area contributed by atoms with Crippen molar-refractivity contribution in [2.75, 3.05) is 6.61 Å². The van der Waals surface area contributed by atoms with Gasteiger partial charge in [-0.1, -0.05) is 17.7 Å². The first kappa shape index (κ1) is 18.7. The fourth-order valence-electron chi connectivity index (χ4n) is 3.56. The predicted molar refractivity (Wildman–Crippen MR) is 103 cm³/mol. The van der Waals surface area contributed by atoms with Crippen molar-refractivity contribution < 1.29 is 22.3 Å². The zero-order valence-electron chi connectivity index (χ0n) is 15.6. The maximum absolute atomic E-state index is 13.9. The van der Waals surface area contributed by atoms with Gasteiger partial charge in [0.1, 0.15) is 5.82 Å². The number of aryl methyl sites for hydroxylation is 1. The van der Waals surface area contributed by atoms with E-state index in [2.05, 4.69) is 0 Å². The van der Waals surface area contributed by atoms with Gasteiger partial charge in [-0.3, -0.25) is 4.79 Å². The minimum atomic E-state index is -3.85. The molecular weight excluding hydrogens is 381 g/mol. The molecule has 5 nitrogen and oxygen atoms in total. The Morgan fingerprint density at radius 2 is 1.93 bits per heavy atom. The van der Waals surface area contributed by atoms with E-state index in [1.165, 1.54) is 28.4 Å². The number of nitrogens with zero attached hydrogens (tertiary/aromatic N) is 1. The normalized spacial score (nSPS) is 19.0. The van der Waals surface area contributed by atoms with Crippen LogP contribution in [-0.4, -0.2) is 25.0 Å². The van der Waals surface area contributed by atoms with Crippen LogP contribution in [0.15, 0.2) is 53.6 Å². The molecule has 1 aliphatic carbocycles. The summed E-state index contributed by atoms with van der Waals surface area (Å²) in [4.78, 5) is 12.2. The predicted octanol–water partition coefficient (Wildman–Crippen LogP) is 3.99. The fourth-order valence-corrected chi connectivity index (χ4v) is 4.94. The number of benzene rings is 2. The maximum atomic E-state index is 13.9. The van der Waals surface area contributed by atoms with E-state index in [9.17, 15) is 17.6 Å². The van der Waals surface area contributed by atoms with E-state index in [-0.39, 0.29) is 22.7 Å². The summed E-state index contributed by atoms with van der Waals surface area (Å²) in [5, 5.41) is 0.507. The number of hydrogen-bond donors (Lipinski definition) is 0. The molecule has 0 bridgehead atoms. The van der Waals surface area contributed by atoms with Gasteiger partial charge < -0.3 is 4.74 Å². The molecule has 1 aliphatic rings. The lowest BCUT2D eigenvalue weighted by Crippen LogP contribution is -2.12. The molecule has 2 aromatic carbocycles. The third-order valence-corrected chi connectivity index (χ3v) is 6.81. The first-order chi connectivity index (χ1) is 13.3. The summed E-state index contributed by atoms with van der Waals surface area (Å²) in [5.41, 5.74) is 2.00. The standard InChI is InChI=1S/C21H20FNO4S/c1-3-27-21(24)18-11-16(18)19-12-23(20-9-6-14(22)10-17(19)20)28(25,26)15-7-4-13(2)5-8-15/h4-10,12,16,18H,3,11H2,1-2H3. The van der Waals surface area contributed by atoms with Gasteiger partial charge in [0.2, 0.25) is 0 Å². The summed E-state index contributed by atoms with van der Waals surface area (Å²) in [6.07, 6.45) is 2.09. The van der Waals surface area contributed by atoms with E-state index in [1.54, 1.807) is 31.2 Å². The van der Waals surface area contributed by atoms with Crippen LogP contribution in [0.25, 0.3) is 10.9 Å². The summed E-state index contributed by atoms with van der Waals surface area (Å²) in [6, 6.07) is 10.6. The highest BCUT2D eigenvalue weighted by molar-refractivity contribution is 7.90. The SMILES string of the molecule is CCOC(=O)C1CC1c1cn(S(=O)(=O)c2ccc(C)cc2)c2ccc(F)cc12. The van der Waals surface area contributed by atoms with Gasteiger partial charge in [-0.2, -0.15) is 0 Å². The first-order valence-corrected chi connectivity index (χ1v) is 10.6. The van der Waals surface area contributed by atoms with Crippen LogP contribution < -0.4 is 0 Å². The molecule has 0 amide bonds.